The molecule has 0 aromatic heterocycles. The minimum atomic E-state index is -2.24. The van der Waals surface area contributed by atoms with Crippen molar-refractivity contribution < 1.29 is 19.3 Å². The van der Waals surface area contributed by atoms with Crippen molar-refractivity contribution in [3.8, 4) is 0 Å². The Morgan fingerprint density at radius 3 is 2.09 bits per heavy atom. The van der Waals surface area contributed by atoms with Crippen molar-refractivity contribution in [3.05, 3.63) is 39.9 Å². The zero-order valence-electron chi connectivity index (χ0n) is 14.5. The lowest BCUT2D eigenvalue weighted by molar-refractivity contribution is -0.384. The molecule has 0 saturated carbocycles. The first-order valence-corrected chi connectivity index (χ1v) is 10.4. The molecule has 0 aliphatic carbocycles. The molecule has 0 amide bonds. The van der Waals surface area contributed by atoms with E-state index >= 15 is 0 Å². The van der Waals surface area contributed by atoms with Crippen molar-refractivity contribution >= 4 is 19.8 Å². The third-order valence-corrected chi connectivity index (χ3v) is 8.82. The predicted molar refractivity (Wildman–Crippen MR) is 90.8 cm³/mol. The van der Waals surface area contributed by atoms with Crippen LogP contribution < -0.4 is 0 Å². The Morgan fingerprint density at radius 1 is 1.26 bits per heavy atom. The minimum absolute atomic E-state index is 0.0642. The van der Waals surface area contributed by atoms with Crippen molar-refractivity contribution in [2.24, 2.45) is 0 Å². The summed E-state index contributed by atoms with van der Waals surface area (Å²) in [6.45, 7) is 11.5. The van der Waals surface area contributed by atoms with Crippen molar-refractivity contribution in [1.82, 2.24) is 0 Å². The Bertz CT molecular complexity index is 577. The van der Waals surface area contributed by atoms with E-state index in [0.29, 0.717) is 5.56 Å². The summed E-state index contributed by atoms with van der Waals surface area (Å²) in [7, 11) is -2.24. The molecule has 0 fully saturated rings. The number of aliphatic hydroxyl groups is 1. The number of Topliss-reactive ketones (excluding diaryl/α,β-unsaturated/α-hetero) is 1. The fourth-order valence-corrected chi connectivity index (χ4v) is 3.12. The summed E-state index contributed by atoms with van der Waals surface area (Å²) in [5.41, 5.74) is 0.361. The Morgan fingerprint density at radius 2 is 1.74 bits per heavy atom. The lowest BCUT2D eigenvalue weighted by Gasteiger charge is -2.39. The molecule has 1 aromatic carbocycles. The van der Waals surface area contributed by atoms with Crippen LogP contribution in [0.3, 0.4) is 0 Å². The second-order valence-electron chi connectivity index (χ2n) is 7.20. The number of hydrogen-bond donors (Lipinski definition) is 1. The van der Waals surface area contributed by atoms with Gasteiger partial charge in [-0.2, -0.15) is 0 Å². The second-order valence-corrected chi connectivity index (χ2v) is 12.0. The van der Waals surface area contributed by atoms with Gasteiger partial charge in [-0.3, -0.25) is 14.9 Å². The molecule has 6 nitrogen and oxygen atoms in total. The van der Waals surface area contributed by atoms with Gasteiger partial charge in [-0.25, -0.2) is 0 Å². The maximum Gasteiger partial charge on any atom is 0.269 e. The summed E-state index contributed by atoms with van der Waals surface area (Å²) in [4.78, 5) is 22.2. The summed E-state index contributed by atoms with van der Waals surface area (Å²) < 4.78 is 6.06. The third kappa shape index (κ3) is 4.70. The lowest BCUT2D eigenvalue weighted by atomic mass is 10.0. The van der Waals surface area contributed by atoms with E-state index in [4.69, 9.17) is 4.43 Å². The molecule has 7 heteroatoms. The number of aliphatic hydroxyl groups excluding tert-OH is 1. The smallest absolute Gasteiger partial charge is 0.269 e. The van der Waals surface area contributed by atoms with Gasteiger partial charge >= 0.3 is 0 Å². The summed E-state index contributed by atoms with van der Waals surface area (Å²) in [5, 5.41) is 21.1. The van der Waals surface area contributed by atoms with Gasteiger partial charge in [0.15, 0.2) is 14.1 Å². The van der Waals surface area contributed by atoms with Crippen LogP contribution in [0.5, 0.6) is 0 Å². The highest BCUT2D eigenvalue weighted by Gasteiger charge is 2.42. The van der Waals surface area contributed by atoms with Crippen LogP contribution in [0, 0.1) is 10.1 Å². The third-order valence-electron chi connectivity index (χ3n) is 4.36. The molecule has 0 saturated heterocycles. The molecule has 0 heterocycles. The largest absolute Gasteiger partial charge is 0.404 e. The van der Waals surface area contributed by atoms with Gasteiger partial charge in [0.25, 0.3) is 5.69 Å². The molecule has 0 spiro atoms. The van der Waals surface area contributed by atoms with Crippen LogP contribution in [-0.2, 0) is 9.22 Å². The molecule has 1 N–H and O–H groups in total. The Kier molecular flexibility index (Phi) is 5.84. The Labute approximate surface area is 137 Å². The predicted octanol–water partition coefficient (Wildman–Crippen LogP) is 3.61. The van der Waals surface area contributed by atoms with E-state index in [1.165, 1.54) is 31.2 Å². The van der Waals surface area contributed by atoms with Crippen LogP contribution in [0.25, 0.3) is 0 Å². The first-order chi connectivity index (χ1) is 10.4. The molecule has 1 rings (SSSR count). The van der Waals surface area contributed by atoms with Crippen LogP contribution in [0.4, 0.5) is 5.69 Å². The molecule has 0 radical (unpaired) electrons. The average Bonchev–Trinajstić information content (AvgIpc) is 2.42. The van der Waals surface area contributed by atoms with Gasteiger partial charge in [-0.1, -0.05) is 20.8 Å². The van der Waals surface area contributed by atoms with Gasteiger partial charge in [0.2, 0.25) is 0 Å². The van der Waals surface area contributed by atoms with Gasteiger partial charge < -0.3 is 9.53 Å². The van der Waals surface area contributed by atoms with E-state index in [2.05, 4.69) is 20.8 Å². The number of nitro benzene ring substituents is 1. The molecular formula is C16H25NO5Si. The van der Waals surface area contributed by atoms with Gasteiger partial charge in [-0.15, -0.1) is 0 Å². The van der Waals surface area contributed by atoms with E-state index in [1.54, 1.807) is 0 Å². The number of carbonyl (C=O) groups excluding carboxylic acids is 1. The first kappa shape index (κ1) is 19.5. The number of non-ortho nitro benzene ring substituents is 1. The van der Waals surface area contributed by atoms with Crippen LogP contribution >= 0.6 is 0 Å². The highest BCUT2D eigenvalue weighted by Crippen LogP contribution is 2.39. The highest BCUT2D eigenvalue weighted by atomic mass is 28.4. The van der Waals surface area contributed by atoms with E-state index < -0.39 is 25.4 Å². The Balaban J connectivity index is 3.06. The maximum atomic E-state index is 12.0. The number of hydrogen-bond acceptors (Lipinski definition) is 5. The van der Waals surface area contributed by atoms with Crippen molar-refractivity contribution in [2.75, 3.05) is 0 Å². The average molecular weight is 339 g/mol. The maximum absolute atomic E-state index is 12.0. The quantitative estimate of drug-likeness (QED) is 0.486. The normalized spacial score (nSPS) is 15.1. The topological polar surface area (TPSA) is 89.7 Å². The van der Waals surface area contributed by atoms with Crippen molar-refractivity contribution in [3.63, 3.8) is 0 Å². The number of benzene rings is 1. The van der Waals surface area contributed by atoms with Crippen molar-refractivity contribution in [1.29, 1.82) is 0 Å². The van der Waals surface area contributed by atoms with E-state index in [1.807, 2.05) is 13.1 Å². The molecule has 0 aliphatic rings. The summed E-state index contributed by atoms with van der Waals surface area (Å²) in [6.07, 6.45) is -2.13. The molecule has 128 valence electrons. The van der Waals surface area contributed by atoms with Crippen LogP contribution in [0.15, 0.2) is 24.3 Å². The van der Waals surface area contributed by atoms with Crippen LogP contribution in [-0.4, -0.2) is 30.2 Å². The minimum Gasteiger partial charge on any atom is -0.404 e. The van der Waals surface area contributed by atoms with Gasteiger partial charge in [-0.05, 0) is 42.8 Å². The van der Waals surface area contributed by atoms with Crippen LogP contribution in [0.2, 0.25) is 18.1 Å². The molecule has 0 bridgehead atoms. The monoisotopic (exact) mass is 339 g/mol. The van der Waals surface area contributed by atoms with Gasteiger partial charge in [0.1, 0.15) is 12.2 Å². The standard InChI is InChI=1S/C16H25NO5Si/c1-11(18)15(22-23(5,6)16(2,3)4)14(19)12-7-9-13(10-8-12)17(20)21/h7-10,14-15,19H,1-6H3/t14-,15-/m1/s1. The summed E-state index contributed by atoms with van der Waals surface area (Å²) in [5.74, 6) is -0.263. The Hall–Kier alpha value is -1.57. The van der Waals surface area contributed by atoms with Gasteiger partial charge in [0, 0.05) is 12.1 Å². The highest BCUT2D eigenvalue weighted by molar-refractivity contribution is 6.74. The van der Waals surface area contributed by atoms with Crippen LogP contribution in [0.1, 0.15) is 39.4 Å². The fraction of sp³-hybridized carbons (Fsp3) is 0.562. The molecule has 23 heavy (non-hydrogen) atoms. The summed E-state index contributed by atoms with van der Waals surface area (Å²) >= 11 is 0. The molecule has 1 aromatic rings. The zero-order valence-corrected chi connectivity index (χ0v) is 15.5. The van der Waals surface area contributed by atoms with E-state index in [9.17, 15) is 20.0 Å². The number of carbonyl (C=O) groups is 1. The zero-order chi connectivity index (χ0) is 18.0. The number of ketones is 1. The number of nitrogens with zero attached hydrogens (tertiary/aromatic N) is 1. The number of rotatable bonds is 6. The van der Waals surface area contributed by atoms with Crippen molar-refractivity contribution in [2.45, 2.75) is 58.0 Å². The van der Waals surface area contributed by atoms with Gasteiger partial charge in [0.05, 0.1) is 4.92 Å². The molecule has 0 unspecified atom stereocenters. The lowest BCUT2D eigenvalue weighted by Crippen LogP contribution is -2.47. The molecule has 0 aliphatic heterocycles. The molecular weight excluding hydrogens is 314 g/mol. The van der Waals surface area contributed by atoms with E-state index in [0.717, 1.165) is 0 Å². The molecule has 2 atom stereocenters. The fourth-order valence-electron chi connectivity index (χ4n) is 1.83. The van der Waals surface area contributed by atoms with E-state index in [-0.39, 0.29) is 16.5 Å². The first-order valence-electron chi connectivity index (χ1n) is 7.47. The SMILES string of the molecule is CC(=O)[C@@H](O[Si](C)(C)C(C)(C)C)[C@H](O)c1ccc([N+](=O)[O-])cc1. The second kappa shape index (κ2) is 6.90. The summed E-state index contributed by atoms with van der Waals surface area (Å²) in [6, 6.07) is 5.52. The number of nitro groups is 1.